The number of carbonyl (C=O) groups excluding carboxylic acids is 2. The number of aliphatic hydroxyl groups is 1. The summed E-state index contributed by atoms with van der Waals surface area (Å²) in [6.45, 7) is -0.280. The first kappa shape index (κ1) is 30.5. The molecule has 3 aromatic rings. The number of hydrogen-bond donors (Lipinski definition) is 4. The van der Waals surface area contributed by atoms with Gasteiger partial charge in [-0.15, -0.1) is 10.2 Å². The molecule has 212 valence electrons. The van der Waals surface area contributed by atoms with Gasteiger partial charge in [-0.05, 0) is 48.9 Å². The quantitative estimate of drug-likeness (QED) is 0.116. The van der Waals surface area contributed by atoms with Crippen LogP contribution in [0.4, 0.5) is 9.52 Å². The van der Waals surface area contributed by atoms with Crippen molar-refractivity contribution in [1.29, 1.82) is 5.41 Å². The summed E-state index contributed by atoms with van der Waals surface area (Å²) in [6.07, 6.45) is 3.89. The first-order valence-electron chi connectivity index (χ1n) is 12.9. The maximum absolute atomic E-state index is 13.8. The van der Waals surface area contributed by atoms with Gasteiger partial charge in [0.1, 0.15) is 17.5 Å². The molecule has 0 saturated carbocycles. The molecule has 0 aliphatic rings. The van der Waals surface area contributed by atoms with Gasteiger partial charge >= 0.3 is 0 Å². The Morgan fingerprint density at radius 3 is 2.62 bits per heavy atom. The molecule has 5 N–H and O–H groups in total. The molecular weight excluding hydrogens is 535 g/mol. The molecule has 0 aliphatic heterocycles. The molecule has 40 heavy (non-hydrogen) atoms. The lowest BCUT2D eigenvalue weighted by atomic mass is 10.1. The third-order valence-electron chi connectivity index (χ3n) is 5.69. The molecule has 0 bridgehead atoms. The molecule has 0 radical (unpaired) electrons. The number of nitrogens with one attached hydrogen (secondary N) is 2. The van der Waals surface area contributed by atoms with Crippen molar-refractivity contribution in [1.82, 2.24) is 10.2 Å². The van der Waals surface area contributed by atoms with E-state index in [1.54, 1.807) is 0 Å². The number of amidine groups is 1. The number of amides is 2. The van der Waals surface area contributed by atoms with Crippen LogP contribution in [-0.2, 0) is 28.9 Å². The number of carbonyl (C=O) groups is 2. The smallest absolute Gasteiger partial charge is 0.251 e. The Morgan fingerprint density at radius 1 is 1.05 bits per heavy atom. The van der Waals surface area contributed by atoms with Crippen LogP contribution >= 0.6 is 11.3 Å². The fourth-order valence-electron chi connectivity index (χ4n) is 3.72. The molecule has 10 nitrogen and oxygen atoms in total. The second-order valence-electron chi connectivity index (χ2n) is 9.03. The number of ether oxygens (including phenoxy) is 1. The molecule has 2 amide bonds. The molecule has 0 fully saturated rings. The summed E-state index contributed by atoms with van der Waals surface area (Å²) < 4.78 is 18.9. The Balaban J connectivity index is 1.32. The van der Waals surface area contributed by atoms with E-state index < -0.39 is 5.82 Å². The van der Waals surface area contributed by atoms with Gasteiger partial charge in [-0.1, -0.05) is 47.7 Å². The van der Waals surface area contributed by atoms with Gasteiger partial charge < -0.3 is 26.3 Å². The van der Waals surface area contributed by atoms with Gasteiger partial charge in [0.15, 0.2) is 11.6 Å². The number of aromatic nitrogens is 2. The Hall–Kier alpha value is -4.03. The number of hydrogen-bond acceptors (Lipinski definition) is 8. The lowest BCUT2D eigenvalue weighted by Gasteiger charge is -2.08. The van der Waals surface area contributed by atoms with Crippen molar-refractivity contribution in [3.05, 3.63) is 70.5 Å². The topological polar surface area (TPSA) is 164 Å². The Bertz CT molecular complexity index is 1320. The van der Waals surface area contributed by atoms with Crippen LogP contribution in [0, 0.1) is 11.2 Å². The maximum atomic E-state index is 13.8. The third kappa shape index (κ3) is 11.0. The van der Waals surface area contributed by atoms with Gasteiger partial charge in [0, 0.05) is 18.6 Å². The predicted octanol–water partition coefficient (Wildman–Crippen LogP) is 3.87. The molecule has 0 spiro atoms. The van der Waals surface area contributed by atoms with Crippen molar-refractivity contribution in [2.75, 3.05) is 18.5 Å². The van der Waals surface area contributed by atoms with Crippen LogP contribution in [0.1, 0.15) is 48.2 Å². The number of aliphatic imine (C=N–C) groups is 1. The van der Waals surface area contributed by atoms with E-state index in [-0.39, 0.29) is 49.5 Å². The van der Waals surface area contributed by atoms with Crippen molar-refractivity contribution in [3.8, 4) is 5.75 Å². The molecule has 2 aromatic carbocycles. The summed E-state index contributed by atoms with van der Waals surface area (Å²) >= 11 is 1.28. The van der Waals surface area contributed by atoms with E-state index in [9.17, 15) is 14.0 Å². The number of aliphatic hydroxyl groups excluding tert-OH is 1. The number of anilines is 1. The Kier molecular flexibility index (Phi) is 12.3. The van der Waals surface area contributed by atoms with Gasteiger partial charge in [-0.2, -0.15) is 0 Å². The summed E-state index contributed by atoms with van der Waals surface area (Å²) in [6, 6.07) is 13.5. The van der Waals surface area contributed by atoms with Crippen LogP contribution in [0.5, 0.6) is 5.75 Å². The summed E-state index contributed by atoms with van der Waals surface area (Å²) in [5.41, 5.74) is 7.87. The van der Waals surface area contributed by atoms with E-state index in [1.807, 2.05) is 30.3 Å². The highest BCUT2D eigenvalue weighted by molar-refractivity contribution is 7.15. The minimum atomic E-state index is -0.564. The largest absolute Gasteiger partial charge is 0.488 e. The first-order chi connectivity index (χ1) is 19.3. The van der Waals surface area contributed by atoms with Crippen LogP contribution in [0.25, 0.3) is 0 Å². The second-order valence-corrected chi connectivity index (χ2v) is 10.1. The lowest BCUT2D eigenvalue weighted by Crippen LogP contribution is -2.16. The van der Waals surface area contributed by atoms with Crippen LogP contribution in [0.3, 0.4) is 0 Å². The summed E-state index contributed by atoms with van der Waals surface area (Å²) in [5.74, 6) is -0.956. The Morgan fingerprint density at radius 2 is 1.85 bits per heavy atom. The number of nitrogens with two attached hydrogens (primary N) is 1. The maximum Gasteiger partial charge on any atom is 0.251 e. The number of nitrogens with zero attached hydrogens (tertiary/aromatic N) is 3. The predicted molar refractivity (Wildman–Crippen MR) is 153 cm³/mol. The second kappa shape index (κ2) is 16.2. The lowest BCUT2D eigenvalue weighted by molar-refractivity contribution is -0.117. The molecule has 0 aliphatic carbocycles. The van der Waals surface area contributed by atoms with E-state index in [4.69, 9.17) is 21.0 Å². The van der Waals surface area contributed by atoms with Crippen molar-refractivity contribution in [2.24, 2.45) is 10.7 Å². The average Bonchev–Trinajstić information content (AvgIpc) is 3.37. The summed E-state index contributed by atoms with van der Waals surface area (Å²) in [5, 5.41) is 29.0. The highest BCUT2D eigenvalue weighted by Gasteiger charge is 2.12. The highest BCUT2D eigenvalue weighted by Crippen LogP contribution is 2.21. The number of halogens is 1. The Labute approximate surface area is 236 Å². The molecular formula is C28H33FN6O4S. The molecule has 1 heterocycles. The molecule has 3 rings (SSSR count). The minimum Gasteiger partial charge on any atom is -0.488 e. The van der Waals surface area contributed by atoms with Gasteiger partial charge in [0.2, 0.25) is 11.0 Å². The van der Waals surface area contributed by atoms with Crippen LogP contribution in [-0.4, -0.2) is 51.9 Å². The monoisotopic (exact) mass is 568 g/mol. The fraction of sp³-hybridized carbons (Fsp3) is 0.357. The first-order valence-corrected chi connectivity index (χ1v) is 13.7. The van der Waals surface area contributed by atoms with E-state index in [1.165, 1.54) is 29.5 Å². The standard InChI is InChI=1S/C28H33FN6O4S/c29-22-12-10-20(16-23(22)39-15-14-36)18-26(38)33-28-35-34-27(40-28)9-5-4-8-21(30)11-13-24(31)32-25(37)17-19-6-2-1-3-7-19/h1-3,6-7,10,12,16,30,36H,4-5,8-9,11,13-15,17-18H2,(H2,31,32,37)(H,33,35,38). The highest BCUT2D eigenvalue weighted by atomic mass is 32.1. The summed E-state index contributed by atoms with van der Waals surface area (Å²) in [7, 11) is 0. The van der Waals surface area contributed by atoms with Gasteiger partial charge in [-0.25, -0.2) is 9.38 Å². The zero-order valence-electron chi connectivity index (χ0n) is 22.1. The van der Waals surface area contributed by atoms with E-state index in [0.717, 1.165) is 23.4 Å². The zero-order valence-corrected chi connectivity index (χ0v) is 22.9. The van der Waals surface area contributed by atoms with Gasteiger partial charge in [0.25, 0.3) is 5.91 Å². The van der Waals surface area contributed by atoms with Crippen LogP contribution in [0.15, 0.2) is 53.5 Å². The van der Waals surface area contributed by atoms with Crippen molar-refractivity contribution < 1.29 is 23.8 Å². The molecule has 0 atom stereocenters. The number of unbranched alkanes of at least 4 members (excludes halogenated alkanes) is 1. The number of benzene rings is 2. The average molecular weight is 569 g/mol. The fourth-order valence-corrected chi connectivity index (χ4v) is 4.52. The van der Waals surface area contributed by atoms with Gasteiger partial charge in [0.05, 0.1) is 19.4 Å². The number of aryl methyl sites for hydroxylation is 1. The van der Waals surface area contributed by atoms with Crippen LogP contribution < -0.4 is 15.8 Å². The van der Waals surface area contributed by atoms with Gasteiger partial charge in [-0.3, -0.25) is 9.59 Å². The zero-order chi connectivity index (χ0) is 28.7. The van der Waals surface area contributed by atoms with E-state index >= 15 is 0 Å². The van der Waals surface area contributed by atoms with Crippen molar-refractivity contribution in [2.45, 2.75) is 51.4 Å². The minimum absolute atomic E-state index is 0.00317. The number of rotatable bonds is 16. The molecule has 1 aromatic heterocycles. The normalized spacial score (nSPS) is 11.3. The van der Waals surface area contributed by atoms with Crippen molar-refractivity contribution in [3.63, 3.8) is 0 Å². The SMILES string of the molecule is N=C(CCCCc1nnc(NC(=O)Cc2ccc(F)c(OCCO)c2)s1)CCC(N)=NC(=O)Cc1ccccc1. The molecule has 0 unspecified atom stereocenters. The van der Waals surface area contributed by atoms with E-state index in [0.29, 0.717) is 42.1 Å². The molecule has 0 saturated heterocycles. The molecule has 12 heteroatoms. The van der Waals surface area contributed by atoms with E-state index in [2.05, 4.69) is 20.5 Å². The van der Waals surface area contributed by atoms with Crippen molar-refractivity contribution >= 4 is 39.8 Å². The third-order valence-corrected chi connectivity index (χ3v) is 6.59. The summed E-state index contributed by atoms with van der Waals surface area (Å²) in [4.78, 5) is 28.3. The van der Waals surface area contributed by atoms with Crippen LogP contribution in [0.2, 0.25) is 0 Å².